The molecule has 0 unspecified atom stereocenters. The van der Waals surface area contributed by atoms with Crippen LogP contribution in [0.5, 0.6) is 0 Å². The Hall–Kier alpha value is -1.63. The minimum atomic E-state index is -3.59. The van der Waals surface area contributed by atoms with Gasteiger partial charge in [-0.1, -0.05) is 42.6 Å². The zero-order valence-corrected chi connectivity index (χ0v) is 15.5. The van der Waals surface area contributed by atoms with Crippen molar-refractivity contribution in [1.82, 2.24) is 8.87 Å². The largest absolute Gasteiger partial charge is 0.310 e. The number of aromatic nitrogens is 1. The standard InChI is InChI=1S/C18H21ClN2O3S/c19-17-8-4-3-7-15(17)13-20-14-16(9-10-18(20)22)25(23,24)21-11-5-1-2-6-12-21/h3-4,7-10,14H,1-2,5-6,11-13H2. The number of hydrogen-bond donors (Lipinski definition) is 0. The molecule has 3 rings (SSSR count). The number of hydrogen-bond acceptors (Lipinski definition) is 3. The zero-order chi connectivity index (χ0) is 17.9. The molecule has 1 saturated heterocycles. The summed E-state index contributed by atoms with van der Waals surface area (Å²) in [5, 5.41) is 0.551. The molecule has 0 radical (unpaired) electrons. The summed E-state index contributed by atoms with van der Waals surface area (Å²) in [6.07, 6.45) is 5.28. The van der Waals surface area contributed by atoms with Crippen LogP contribution in [0.3, 0.4) is 0 Å². The van der Waals surface area contributed by atoms with E-state index in [9.17, 15) is 13.2 Å². The molecule has 0 aliphatic carbocycles. The highest BCUT2D eigenvalue weighted by atomic mass is 35.5. The van der Waals surface area contributed by atoms with Crippen LogP contribution >= 0.6 is 11.6 Å². The van der Waals surface area contributed by atoms with Gasteiger partial charge < -0.3 is 4.57 Å². The highest BCUT2D eigenvalue weighted by Crippen LogP contribution is 2.20. The Morgan fingerprint density at radius 2 is 1.64 bits per heavy atom. The van der Waals surface area contributed by atoms with Crippen molar-refractivity contribution in [3.05, 3.63) is 63.5 Å². The first-order valence-corrected chi connectivity index (χ1v) is 10.2. The Kier molecular flexibility index (Phi) is 5.61. The molecular formula is C18H21ClN2O3S. The molecule has 1 aliphatic rings. The molecule has 5 nitrogen and oxygen atoms in total. The van der Waals surface area contributed by atoms with Gasteiger partial charge in [-0.05, 0) is 30.5 Å². The average Bonchev–Trinajstić information content (AvgIpc) is 2.88. The number of nitrogens with zero attached hydrogens (tertiary/aromatic N) is 2. The molecule has 1 aliphatic heterocycles. The lowest BCUT2D eigenvalue weighted by atomic mass is 10.2. The van der Waals surface area contributed by atoms with Crippen LogP contribution in [0.25, 0.3) is 0 Å². The van der Waals surface area contributed by atoms with E-state index in [0.717, 1.165) is 31.2 Å². The maximum absolute atomic E-state index is 12.9. The van der Waals surface area contributed by atoms with Crippen molar-refractivity contribution in [3.63, 3.8) is 0 Å². The van der Waals surface area contributed by atoms with E-state index in [1.54, 1.807) is 6.07 Å². The van der Waals surface area contributed by atoms with E-state index in [0.29, 0.717) is 18.1 Å². The summed E-state index contributed by atoms with van der Waals surface area (Å²) in [7, 11) is -3.59. The molecule has 1 fully saturated rings. The first-order valence-electron chi connectivity index (χ1n) is 8.42. The van der Waals surface area contributed by atoms with Gasteiger partial charge in [0.2, 0.25) is 10.0 Å². The Balaban J connectivity index is 1.93. The van der Waals surface area contributed by atoms with Crippen LogP contribution < -0.4 is 5.56 Å². The quantitative estimate of drug-likeness (QED) is 0.818. The Morgan fingerprint density at radius 3 is 2.32 bits per heavy atom. The molecule has 2 heterocycles. The van der Waals surface area contributed by atoms with Crippen molar-refractivity contribution in [2.45, 2.75) is 37.1 Å². The smallest absolute Gasteiger partial charge is 0.250 e. The van der Waals surface area contributed by atoms with Gasteiger partial charge in [-0.15, -0.1) is 0 Å². The summed E-state index contributed by atoms with van der Waals surface area (Å²) in [6, 6.07) is 9.93. The number of benzene rings is 1. The fourth-order valence-corrected chi connectivity index (χ4v) is 4.76. The lowest BCUT2D eigenvalue weighted by Crippen LogP contribution is -2.33. The number of rotatable bonds is 4. The van der Waals surface area contributed by atoms with Gasteiger partial charge in [0.1, 0.15) is 0 Å². The van der Waals surface area contributed by atoms with E-state index < -0.39 is 10.0 Å². The van der Waals surface area contributed by atoms with Gasteiger partial charge in [-0.3, -0.25) is 4.79 Å². The third-order valence-corrected chi connectivity index (χ3v) is 6.71. The number of sulfonamides is 1. The molecule has 1 aromatic heterocycles. The predicted octanol–water partition coefficient (Wildman–Crippen LogP) is 3.11. The Labute approximate surface area is 152 Å². The van der Waals surface area contributed by atoms with Crippen LogP contribution in [-0.2, 0) is 16.6 Å². The molecule has 0 spiro atoms. The molecule has 134 valence electrons. The summed E-state index contributed by atoms with van der Waals surface area (Å²) < 4.78 is 28.7. The monoisotopic (exact) mass is 380 g/mol. The molecular weight excluding hydrogens is 360 g/mol. The highest BCUT2D eigenvalue weighted by molar-refractivity contribution is 7.89. The van der Waals surface area contributed by atoms with Crippen LogP contribution in [0.15, 0.2) is 52.3 Å². The van der Waals surface area contributed by atoms with Crippen LogP contribution in [0.1, 0.15) is 31.2 Å². The molecule has 0 amide bonds. The highest BCUT2D eigenvalue weighted by Gasteiger charge is 2.25. The molecule has 25 heavy (non-hydrogen) atoms. The minimum Gasteiger partial charge on any atom is -0.310 e. The molecule has 7 heteroatoms. The van der Waals surface area contributed by atoms with Crippen molar-refractivity contribution in [3.8, 4) is 0 Å². The molecule has 0 bridgehead atoms. The first kappa shape index (κ1) is 18.2. The predicted molar refractivity (Wildman–Crippen MR) is 98.5 cm³/mol. The van der Waals surface area contributed by atoms with E-state index in [1.165, 1.54) is 27.2 Å². The fraction of sp³-hybridized carbons (Fsp3) is 0.389. The van der Waals surface area contributed by atoms with Gasteiger partial charge >= 0.3 is 0 Å². The average molecular weight is 381 g/mol. The normalized spacial score (nSPS) is 16.5. The first-order chi connectivity index (χ1) is 12.0. The fourth-order valence-electron chi connectivity index (χ4n) is 3.03. The van der Waals surface area contributed by atoms with E-state index >= 15 is 0 Å². The van der Waals surface area contributed by atoms with E-state index in [-0.39, 0.29) is 17.0 Å². The van der Waals surface area contributed by atoms with E-state index in [1.807, 2.05) is 18.2 Å². The van der Waals surface area contributed by atoms with Crippen LogP contribution in [0, 0.1) is 0 Å². The molecule has 1 aromatic carbocycles. The Morgan fingerprint density at radius 1 is 0.960 bits per heavy atom. The molecule has 2 aromatic rings. The summed E-state index contributed by atoms with van der Waals surface area (Å²) >= 11 is 6.15. The van der Waals surface area contributed by atoms with Crippen molar-refractivity contribution >= 4 is 21.6 Å². The van der Waals surface area contributed by atoms with Crippen LogP contribution in [0.2, 0.25) is 5.02 Å². The second-order valence-corrected chi connectivity index (χ2v) is 8.59. The Bertz CT molecular complexity index is 901. The summed E-state index contributed by atoms with van der Waals surface area (Å²) in [6.45, 7) is 1.31. The van der Waals surface area contributed by atoms with Gasteiger partial charge in [-0.2, -0.15) is 4.31 Å². The van der Waals surface area contributed by atoms with Crippen molar-refractivity contribution < 1.29 is 8.42 Å². The second-order valence-electron chi connectivity index (χ2n) is 6.24. The molecule has 0 saturated carbocycles. The number of pyridine rings is 1. The maximum atomic E-state index is 12.9. The maximum Gasteiger partial charge on any atom is 0.250 e. The van der Waals surface area contributed by atoms with Crippen LogP contribution in [0.4, 0.5) is 0 Å². The topological polar surface area (TPSA) is 59.4 Å². The molecule has 0 N–H and O–H groups in total. The third-order valence-electron chi connectivity index (χ3n) is 4.46. The van der Waals surface area contributed by atoms with E-state index in [2.05, 4.69) is 0 Å². The summed E-state index contributed by atoms with van der Waals surface area (Å²) in [5.41, 5.74) is 0.519. The van der Waals surface area contributed by atoms with Gasteiger partial charge in [0.05, 0.1) is 11.4 Å². The summed E-state index contributed by atoms with van der Waals surface area (Å²) in [4.78, 5) is 12.3. The zero-order valence-electron chi connectivity index (χ0n) is 13.9. The lowest BCUT2D eigenvalue weighted by Gasteiger charge is -2.20. The van der Waals surface area contributed by atoms with E-state index in [4.69, 9.17) is 11.6 Å². The third kappa shape index (κ3) is 4.14. The van der Waals surface area contributed by atoms with Gasteiger partial charge in [0.15, 0.2) is 0 Å². The second kappa shape index (κ2) is 7.72. The lowest BCUT2D eigenvalue weighted by molar-refractivity contribution is 0.423. The van der Waals surface area contributed by atoms with Gasteiger partial charge in [0.25, 0.3) is 5.56 Å². The minimum absolute atomic E-state index is 0.154. The van der Waals surface area contributed by atoms with Crippen molar-refractivity contribution in [1.29, 1.82) is 0 Å². The van der Waals surface area contributed by atoms with Gasteiger partial charge in [-0.25, -0.2) is 8.42 Å². The number of halogens is 1. The van der Waals surface area contributed by atoms with Gasteiger partial charge in [0, 0.05) is 30.4 Å². The molecule has 0 atom stereocenters. The SMILES string of the molecule is O=c1ccc(S(=O)(=O)N2CCCCCC2)cn1Cc1ccccc1Cl. The van der Waals surface area contributed by atoms with Crippen LogP contribution in [-0.4, -0.2) is 30.4 Å². The van der Waals surface area contributed by atoms with Crippen molar-refractivity contribution in [2.24, 2.45) is 0 Å². The van der Waals surface area contributed by atoms with Crippen molar-refractivity contribution in [2.75, 3.05) is 13.1 Å². The summed E-state index contributed by atoms with van der Waals surface area (Å²) in [5.74, 6) is 0.